The first kappa shape index (κ1) is 17.4. The molecule has 0 atom stereocenters. The van der Waals surface area contributed by atoms with Gasteiger partial charge >= 0.3 is 0 Å². The van der Waals surface area contributed by atoms with Gasteiger partial charge in [-0.1, -0.05) is 58.4 Å². The van der Waals surface area contributed by atoms with E-state index in [-0.39, 0.29) is 0 Å². The van der Waals surface area contributed by atoms with Gasteiger partial charge in [-0.15, -0.1) is 0 Å². The lowest BCUT2D eigenvalue weighted by Gasteiger charge is -2.01. The zero-order valence-corrected chi connectivity index (χ0v) is 16.5. The van der Waals surface area contributed by atoms with Crippen LogP contribution in [-0.4, -0.2) is 16.0 Å². The highest BCUT2D eigenvalue weighted by atomic mass is 79.9. The van der Waals surface area contributed by atoms with Gasteiger partial charge in [0.25, 0.3) is 0 Å². The Morgan fingerprint density at radius 3 is 2.44 bits per heavy atom. The molecule has 0 saturated carbocycles. The van der Waals surface area contributed by atoms with Crippen LogP contribution in [0.2, 0.25) is 0 Å². The van der Waals surface area contributed by atoms with E-state index < -0.39 is 0 Å². The van der Waals surface area contributed by atoms with Gasteiger partial charge in [-0.05, 0) is 48.9 Å². The molecule has 1 aromatic heterocycles. The summed E-state index contributed by atoms with van der Waals surface area (Å²) in [5.74, 6) is 0. The van der Waals surface area contributed by atoms with Gasteiger partial charge in [0.1, 0.15) is 5.69 Å². The van der Waals surface area contributed by atoms with E-state index in [1.54, 1.807) is 0 Å². The third kappa shape index (κ3) is 4.07. The van der Waals surface area contributed by atoms with Crippen LogP contribution in [0.25, 0.3) is 16.9 Å². The monoisotopic (exact) mass is 415 g/mol. The van der Waals surface area contributed by atoms with Gasteiger partial charge in [-0.2, -0.15) is 5.10 Å². The first-order valence-electron chi connectivity index (χ1n) is 8.71. The number of aromatic nitrogens is 2. The summed E-state index contributed by atoms with van der Waals surface area (Å²) in [6.07, 6.45) is 3.91. The summed E-state index contributed by atoms with van der Waals surface area (Å²) >= 11 is 3.49. The van der Waals surface area contributed by atoms with E-state index in [2.05, 4.69) is 52.1 Å². The summed E-state index contributed by atoms with van der Waals surface area (Å²) < 4.78 is 2.94. The van der Waals surface area contributed by atoms with Gasteiger partial charge in [0.15, 0.2) is 0 Å². The van der Waals surface area contributed by atoms with Crippen LogP contribution in [-0.2, 0) is 0 Å². The zero-order valence-electron chi connectivity index (χ0n) is 14.9. The quantitative estimate of drug-likeness (QED) is 0.356. The van der Waals surface area contributed by atoms with Crippen LogP contribution in [0.1, 0.15) is 11.1 Å². The minimum absolute atomic E-state index is 0.905. The highest BCUT2D eigenvalue weighted by molar-refractivity contribution is 9.10. The summed E-state index contributed by atoms with van der Waals surface area (Å²) in [7, 11) is 0. The van der Waals surface area contributed by atoms with Crippen LogP contribution < -0.4 is 0 Å². The van der Waals surface area contributed by atoms with Crippen molar-refractivity contribution in [1.82, 2.24) is 9.78 Å². The van der Waals surface area contributed by atoms with Gasteiger partial charge in [-0.25, -0.2) is 4.68 Å². The average Bonchev–Trinajstić information content (AvgIpc) is 3.12. The number of halogens is 1. The van der Waals surface area contributed by atoms with Gasteiger partial charge in [-0.3, -0.25) is 4.99 Å². The Labute approximate surface area is 167 Å². The summed E-state index contributed by atoms with van der Waals surface area (Å²) in [6.45, 7) is 2.07. The predicted octanol–water partition coefficient (Wildman–Crippen LogP) is 6.36. The molecule has 1 heterocycles. The number of hydrogen-bond acceptors (Lipinski definition) is 2. The molecule has 0 saturated heterocycles. The maximum absolute atomic E-state index is 4.82. The largest absolute Gasteiger partial charge is 0.256 e. The lowest BCUT2D eigenvalue weighted by molar-refractivity contribution is 0.884. The summed E-state index contributed by atoms with van der Waals surface area (Å²) in [6, 6.07) is 26.4. The maximum atomic E-state index is 4.82. The molecule has 0 bridgehead atoms. The van der Waals surface area contributed by atoms with Crippen molar-refractivity contribution in [3.63, 3.8) is 0 Å². The van der Waals surface area contributed by atoms with Crippen molar-refractivity contribution in [1.29, 1.82) is 0 Å². The Hall–Kier alpha value is -2.98. The molecule has 0 amide bonds. The second-order valence-corrected chi connectivity index (χ2v) is 7.23. The van der Waals surface area contributed by atoms with Gasteiger partial charge in [0.2, 0.25) is 0 Å². The molecule has 3 nitrogen and oxygen atoms in total. The van der Waals surface area contributed by atoms with Crippen molar-refractivity contribution in [2.24, 2.45) is 4.99 Å². The minimum Gasteiger partial charge on any atom is -0.256 e. The van der Waals surface area contributed by atoms with Crippen LogP contribution in [0.15, 0.2) is 94.5 Å². The fraction of sp³-hybridized carbons (Fsp3) is 0.0435. The van der Waals surface area contributed by atoms with Crippen LogP contribution >= 0.6 is 15.9 Å². The molecule has 0 radical (unpaired) electrons. The molecule has 0 spiro atoms. The van der Waals surface area contributed by atoms with Crippen molar-refractivity contribution in [2.45, 2.75) is 6.92 Å². The normalized spacial score (nSPS) is 11.2. The Kier molecular flexibility index (Phi) is 4.99. The van der Waals surface area contributed by atoms with Gasteiger partial charge in [0, 0.05) is 28.0 Å². The fourth-order valence-electron chi connectivity index (χ4n) is 2.88. The average molecular weight is 416 g/mol. The van der Waals surface area contributed by atoms with E-state index in [9.17, 15) is 0 Å². The topological polar surface area (TPSA) is 30.2 Å². The first-order valence-corrected chi connectivity index (χ1v) is 9.50. The number of aliphatic imine (C=N–C) groups is 1. The SMILES string of the molecule is Cc1cccc(N=Cc2cn(-c3ccccc3)nc2-c2ccc(Br)cc2)c1. The maximum Gasteiger partial charge on any atom is 0.101 e. The second-order valence-electron chi connectivity index (χ2n) is 6.32. The first-order chi connectivity index (χ1) is 13.2. The van der Waals surface area contributed by atoms with Crippen molar-refractivity contribution < 1.29 is 0 Å². The van der Waals surface area contributed by atoms with Crippen molar-refractivity contribution in [2.75, 3.05) is 0 Å². The number of nitrogens with zero attached hydrogens (tertiary/aromatic N) is 3. The van der Waals surface area contributed by atoms with Crippen LogP contribution in [0.3, 0.4) is 0 Å². The smallest absolute Gasteiger partial charge is 0.101 e. The molecule has 0 aliphatic carbocycles. The Morgan fingerprint density at radius 1 is 0.926 bits per heavy atom. The molecule has 132 valence electrons. The highest BCUT2D eigenvalue weighted by Crippen LogP contribution is 2.25. The number of benzene rings is 3. The van der Waals surface area contributed by atoms with Crippen LogP contribution in [0, 0.1) is 6.92 Å². The van der Waals surface area contributed by atoms with E-state index in [0.717, 1.165) is 32.7 Å². The molecule has 0 N–H and O–H groups in total. The fourth-order valence-corrected chi connectivity index (χ4v) is 3.14. The van der Waals surface area contributed by atoms with Crippen LogP contribution in [0.5, 0.6) is 0 Å². The molecule has 0 fully saturated rings. The number of rotatable bonds is 4. The summed E-state index contributed by atoms with van der Waals surface area (Å²) in [4.78, 5) is 4.66. The molecule has 0 aliphatic rings. The molecular weight excluding hydrogens is 398 g/mol. The Balaban J connectivity index is 1.78. The summed E-state index contributed by atoms with van der Waals surface area (Å²) in [5.41, 5.74) is 6.08. The van der Waals surface area contributed by atoms with Crippen molar-refractivity contribution in [3.05, 3.63) is 101 Å². The lowest BCUT2D eigenvalue weighted by atomic mass is 10.1. The standard InChI is InChI=1S/C23H18BrN3/c1-17-6-5-7-21(14-17)25-15-19-16-27(22-8-3-2-4-9-22)26-23(19)18-10-12-20(24)13-11-18/h2-16H,1H3. The van der Waals surface area contributed by atoms with E-state index in [0.29, 0.717) is 0 Å². The molecule has 0 aliphatic heterocycles. The van der Waals surface area contributed by atoms with Crippen molar-refractivity contribution >= 4 is 27.8 Å². The van der Waals surface area contributed by atoms with Crippen molar-refractivity contribution in [3.8, 4) is 16.9 Å². The molecule has 4 aromatic rings. The lowest BCUT2D eigenvalue weighted by Crippen LogP contribution is -1.93. The Morgan fingerprint density at radius 2 is 1.70 bits per heavy atom. The van der Waals surface area contributed by atoms with Gasteiger partial charge < -0.3 is 0 Å². The third-order valence-electron chi connectivity index (χ3n) is 4.24. The molecule has 4 heteroatoms. The highest BCUT2D eigenvalue weighted by Gasteiger charge is 2.11. The zero-order chi connectivity index (χ0) is 18.6. The Bertz CT molecular complexity index is 1080. The molecule has 27 heavy (non-hydrogen) atoms. The van der Waals surface area contributed by atoms with E-state index in [1.165, 1.54) is 5.56 Å². The number of aryl methyl sites for hydroxylation is 1. The predicted molar refractivity (Wildman–Crippen MR) is 115 cm³/mol. The third-order valence-corrected chi connectivity index (χ3v) is 4.76. The molecule has 4 rings (SSSR count). The van der Waals surface area contributed by atoms with Crippen LogP contribution in [0.4, 0.5) is 5.69 Å². The number of para-hydroxylation sites is 1. The summed E-state index contributed by atoms with van der Waals surface area (Å²) in [5, 5.41) is 4.82. The van der Waals surface area contributed by atoms with E-state index >= 15 is 0 Å². The minimum atomic E-state index is 0.905. The number of hydrogen-bond donors (Lipinski definition) is 0. The van der Waals surface area contributed by atoms with E-state index in [1.807, 2.05) is 71.7 Å². The molecule has 0 unspecified atom stereocenters. The molecular formula is C23H18BrN3. The second kappa shape index (κ2) is 7.72. The van der Waals surface area contributed by atoms with Gasteiger partial charge in [0.05, 0.1) is 11.4 Å². The van der Waals surface area contributed by atoms with E-state index in [4.69, 9.17) is 5.10 Å². The molecule has 3 aromatic carbocycles.